The van der Waals surface area contributed by atoms with E-state index in [1.807, 2.05) is 0 Å². The number of para-hydroxylation sites is 1. The van der Waals surface area contributed by atoms with E-state index in [1.165, 1.54) is 71.7 Å². The number of rotatable bonds is 10. The molecule has 2 amide bonds. The van der Waals surface area contributed by atoms with Crippen molar-refractivity contribution in [2.75, 3.05) is 26.8 Å². The van der Waals surface area contributed by atoms with Gasteiger partial charge in [-0.2, -0.15) is 0 Å². The van der Waals surface area contributed by atoms with Crippen molar-refractivity contribution in [2.24, 2.45) is 0 Å². The third-order valence-electron chi connectivity index (χ3n) is 6.04. The molecule has 4 aromatic rings. The lowest BCUT2D eigenvalue weighted by atomic mass is 10.1. The van der Waals surface area contributed by atoms with E-state index in [0.29, 0.717) is 16.5 Å². The van der Waals surface area contributed by atoms with Gasteiger partial charge in [0.25, 0.3) is 5.91 Å². The molecule has 0 aliphatic rings. The summed E-state index contributed by atoms with van der Waals surface area (Å²) in [7, 11) is 1.45. The van der Waals surface area contributed by atoms with Gasteiger partial charge in [-0.3, -0.25) is 14.4 Å². The van der Waals surface area contributed by atoms with Gasteiger partial charge in [0.1, 0.15) is 23.8 Å². The average molecular weight is 521 g/mol. The van der Waals surface area contributed by atoms with Gasteiger partial charge in [-0.15, -0.1) is 0 Å². The minimum Gasteiger partial charge on any atom is -0.464 e. The molecule has 0 bridgehead atoms. The first-order valence-corrected chi connectivity index (χ1v) is 11.9. The highest BCUT2D eigenvalue weighted by molar-refractivity contribution is 5.96. The van der Waals surface area contributed by atoms with E-state index >= 15 is 0 Å². The number of nitrogens with zero attached hydrogens (tertiary/aromatic N) is 2. The van der Waals surface area contributed by atoms with Crippen LogP contribution in [0.3, 0.4) is 0 Å². The molecule has 4 rings (SSSR count). The number of benzene rings is 3. The molecule has 0 spiro atoms. The van der Waals surface area contributed by atoms with Gasteiger partial charge in [0.15, 0.2) is 5.43 Å². The topological polar surface area (TPSA) is 80.1 Å². The third-order valence-corrected chi connectivity index (χ3v) is 6.04. The zero-order chi connectivity index (χ0) is 27.1. The van der Waals surface area contributed by atoms with Crippen molar-refractivity contribution in [3.63, 3.8) is 0 Å². The molecule has 0 unspecified atom stereocenters. The van der Waals surface area contributed by atoms with Gasteiger partial charge in [0.05, 0.1) is 35.9 Å². The highest BCUT2D eigenvalue weighted by Crippen LogP contribution is 2.16. The SMILES string of the molecule is COCCN(CC(=O)N(Cc1ccc(F)cc1)Cc1coc2ccccc2c1=O)C(=O)c1ccccc1F. The van der Waals surface area contributed by atoms with Crippen molar-refractivity contribution < 1.29 is 27.5 Å². The molecule has 0 atom stereocenters. The Morgan fingerprint density at radius 3 is 2.34 bits per heavy atom. The maximum atomic E-state index is 14.3. The Bertz CT molecular complexity index is 1490. The van der Waals surface area contributed by atoms with Crippen LogP contribution in [0.2, 0.25) is 0 Å². The zero-order valence-corrected chi connectivity index (χ0v) is 20.7. The van der Waals surface area contributed by atoms with Crippen LogP contribution in [-0.4, -0.2) is 48.4 Å². The summed E-state index contributed by atoms with van der Waals surface area (Å²) in [6.45, 7) is -0.305. The summed E-state index contributed by atoms with van der Waals surface area (Å²) in [6, 6.07) is 17.9. The van der Waals surface area contributed by atoms with Crippen LogP contribution >= 0.6 is 0 Å². The van der Waals surface area contributed by atoms with Crippen LogP contribution in [0, 0.1) is 11.6 Å². The number of amides is 2. The minimum absolute atomic E-state index is 0.0391. The Kier molecular flexibility index (Phi) is 8.60. The molecule has 0 saturated heterocycles. The van der Waals surface area contributed by atoms with Crippen LogP contribution in [0.5, 0.6) is 0 Å². The van der Waals surface area contributed by atoms with Crippen LogP contribution in [-0.2, 0) is 22.6 Å². The molecule has 38 heavy (non-hydrogen) atoms. The normalized spacial score (nSPS) is 10.9. The van der Waals surface area contributed by atoms with E-state index in [-0.39, 0.29) is 42.8 Å². The van der Waals surface area contributed by atoms with Crippen molar-refractivity contribution in [2.45, 2.75) is 13.1 Å². The first-order valence-electron chi connectivity index (χ1n) is 11.9. The standard InChI is InChI=1S/C29H26F2N2O5/c1-37-15-14-32(29(36)23-6-2-4-8-25(23)31)18-27(34)33(16-20-10-12-22(30)13-11-20)17-21-19-38-26-9-5-3-7-24(26)28(21)35/h2-13,19H,14-18H2,1H3. The fourth-order valence-electron chi connectivity index (χ4n) is 4.00. The number of hydrogen-bond acceptors (Lipinski definition) is 5. The van der Waals surface area contributed by atoms with Gasteiger partial charge in [0, 0.05) is 20.2 Å². The molecule has 0 fully saturated rings. The summed E-state index contributed by atoms with van der Waals surface area (Å²) in [5.74, 6) is -2.30. The van der Waals surface area contributed by atoms with Crippen LogP contribution in [0.15, 0.2) is 88.3 Å². The van der Waals surface area contributed by atoms with Crippen LogP contribution in [0.1, 0.15) is 21.5 Å². The summed E-state index contributed by atoms with van der Waals surface area (Å²) in [6.07, 6.45) is 1.31. The third kappa shape index (κ3) is 6.30. The maximum absolute atomic E-state index is 14.3. The van der Waals surface area contributed by atoms with Gasteiger partial charge >= 0.3 is 0 Å². The number of hydrogen-bond donors (Lipinski definition) is 0. The van der Waals surface area contributed by atoms with Crippen molar-refractivity contribution in [1.82, 2.24) is 9.80 Å². The average Bonchev–Trinajstić information content (AvgIpc) is 2.93. The molecule has 0 N–H and O–H groups in total. The second kappa shape index (κ2) is 12.2. The molecule has 1 aromatic heterocycles. The lowest BCUT2D eigenvalue weighted by molar-refractivity contribution is -0.133. The van der Waals surface area contributed by atoms with Crippen molar-refractivity contribution in [3.8, 4) is 0 Å². The number of carbonyl (C=O) groups is 2. The molecular formula is C29H26F2N2O5. The molecule has 0 radical (unpaired) electrons. The molecule has 0 aliphatic carbocycles. The summed E-state index contributed by atoms with van der Waals surface area (Å²) < 4.78 is 38.5. The van der Waals surface area contributed by atoms with Crippen LogP contribution in [0.4, 0.5) is 8.78 Å². The number of carbonyl (C=O) groups excluding carboxylic acids is 2. The highest BCUT2D eigenvalue weighted by Gasteiger charge is 2.25. The second-order valence-corrected chi connectivity index (χ2v) is 8.66. The fourth-order valence-corrected chi connectivity index (χ4v) is 4.00. The minimum atomic E-state index is -0.704. The first-order chi connectivity index (χ1) is 18.4. The van der Waals surface area contributed by atoms with E-state index in [1.54, 1.807) is 24.3 Å². The van der Waals surface area contributed by atoms with E-state index < -0.39 is 30.0 Å². The molecule has 0 saturated carbocycles. The van der Waals surface area contributed by atoms with E-state index in [4.69, 9.17) is 9.15 Å². The molecule has 0 aliphatic heterocycles. The van der Waals surface area contributed by atoms with Crippen LogP contribution in [0.25, 0.3) is 11.0 Å². The second-order valence-electron chi connectivity index (χ2n) is 8.66. The van der Waals surface area contributed by atoms with Gasteiger partial charge in [-0.05, 0) is 42.0 Å². The van der Waals surface area contributed by atoms with E-state index in [2.05, 4.69) is 0 Å². The van der Waals surface area contributed by atoms with Crippen LogP contribution < -0.4 is 5.43 Å². The van der Waals surface area contributed by atoms with Gasteiger partial charge in [-0.25, -0.2) is 8.78 Å². The molecule has 1 heterocycles. The maximum Gasteiger partial charge on any atom is 0.257 e. The van der Waals surface area contributed by atoms with Gasteiger partial charge in [-0.1, -0.05) is 36.4 Å². The molecule has 9 heteroatoms. The predicted molar refractivity (Wildman–Crippen MR) is 137 cm³/mol. The Labute approximate surface area is 217 Å². The molecule has 196 valence electrons. The molecule has 7 nitrogen and oxygen atoms in total. The highest BCUT2D eigenvalue weighted by atomic mass is 19.1. The Hall–Kier alpha value is -4.37. The van der Waals surface area contributed by atoms with E-state index in [9.17, 15) is 23.2 Å². The Morgan fingerprint density at radius 1 is 0.895 bits per heavy atom. The fraction of sp³-hybridized carbons (Fsp3) is 0.207. The summed E-state index contributed by atoms with van der Waals surface area (Å²) >= 11 is 0. The van der Waals surface area contributed by atoms with Crippen molar-refractivity contribution >= 4 is 22.8 Å². The number of ether oxygens (including phenoxy) is 1. The summed E-state index contributed by atoms with van der Waals surface area (Å²) in [4.78, 5) is 42.4. The Balaban J connectivity index is 1.64. The summed E-state index contributed by atoms with van der Waals surface area (Å²) in [5.41, 5.74) is 0.815. The summed E-state index contributed by atoms with van der Waals surface area (Å²) in [5, 5.41) is 0.371. The monoisotopic (exact) mass is 520 g/mol. The number of methoxy groups -OCH3 is 1. The lowest BCUT2D eigenvalue weighted by Crippen LogP contribution is -2.44. The molecule has 3 aromatic carbocycles. The number of halogens is 2. The van der Waals surface area contributed by atoms with Gasteiger partial charge in [0.2, 0.25) is 5.91 Å². The largest absolute Gasteiger partial charge is 0.464 e. The first kappa shape index (κ1) is 26.7. The smallest absolute Gasteiger partial charge is 0.257 e. The molecular weight excluding hydrogens is 494 g/mol. The predicted octanol–water partition coefficient (Wildman–Crippen LogP) is 4.39. The zero-order valence-electron chi connectivity index (χ0n) is 20.7. The van der Waals surface area contributed by atoms with Gasteiger partial charge < -0.3 is 19.0 Å². The van der Waals surface area contributed by atoms with Crippen molar-refractivity contribution in [1.29, 1.82) is 0 Å². The number of fused-ring (bicyclic) bond motifs is 1. The lowest BCUT2D eigenvalue weighted by Gasteiger charge is -2.28. The Morgan fingerprint density at radius 2 is 1.61 bits per heavy atom. The van der Waals surface area contributed by atoms with E-state index in [0.717, 1.165) is 0 Å². The van der Waals surface area contributed by atoms with Crippen molar-refractivity contribution in [3.05, 3.63) is 118 Å². The quantitative estimate of drug-likeness (QED) is 0.310.